The number of nitrogens with zero attached hydrogens (tertiary/aromatic N) is 1. The second-order valence-electron chi connectivity index (χ2n) is 4.27. The van der Waals surface area contributed by atoms with Crippen molar-refractivity contribution in [3.63, 3.8) is 0 Å². The molecule has 0 saturated heterocycles. The van der Waals surface area contributed by atoms with Crippen LogP contribution < -0.4 is 0 Å². The van der Waals surface area contributed by atoms with E-state index in [9.17, 15) is 4.79 Å². The van der Waals surface area contributed by atoms with Crippen molar-refractivity contribution in [2.75, 3.05) is 0 Å². The molecule has 18 heavy (non-hydrogen) atoms. The van der Waals surface area contributed by atoms with Crippen LogP contribution in [-0.4, -0.2) is 10.2 Å². The Balaban J connectivity index is 2.30. The number of benzene rings is 1. The molecule has 1 atom stereocenters. The Labute approximate surface area is 112 Å². The molecule has 2 rings (SSSR count). The summed E-state index contributed by atoms with van der Waals surface area (Å²) in [7, 11) is 0. The van der Waals surface area contributed by atoms with E-state index in [1.807, 2.05) is 43.3 Å². The zero-order valence-electron chi connectivity index (χ0n) is 10.1. The topological polar surface area (TPSA) is 30.0 Å². The summed E-state index contributed by atoms with van der Waals surface area (Å²) < 4.78 is 0. The second kappa shape index (κ2) is 5.78. The number of carbonyl (C=O) groups is 1. The molecule has 1 heterocycles. The molecule has 0 N–H and O–H groups in total. The van der Waals surface area contributed by atoms with Crippen LogP contribution in [0.25, 0.3) is 0 Å². The van der Waals surface area contributed by atoms with Gasteiger partial charge in [0.2, 0.25) is 5.24 Å². The molecule has 0 aliphatic heterocycles. The number of rotatable bonds is 4. The number of pyridine rings is 1. The summed E-state index contributed by atoms with van der Waals surface area (Å²) in [5, 5.41) is -0.318. The van der Waals surface area contributed by atoms with Gasteiger partial charge in [-0.25, -0.2) is 0 Å². The summed E-state index contributed by atoms with van der Waals surface area (Å²) >= 11 is 5.75. The Kier molecular flexibility index (Phi) is 4.11. The molecule has 0 bridgehead atoms. The second-order valence-corrected chi connectivity index (χ2v) is 4.65. The first-order valence-corrected chi connectivity index (χ1v) is 6.20. The zero-order chi connectivity index (χ0) is 13.0. The summed E-state index contributed by atoms with van der Waals surface area (Å²) in [4.78, 5) is 15.6. The molecule has 0 aliphatic carbocycles. The van der Waals surface area contributed by atoms with Crippen molar-refractivity contribution in [3.05, 3.63) is 65.5 Å². The van der Waals surface area contributed by atoms with Gasteiger partial charge in [-0.15, -0.1) is 0 Å². The molecule has 0 radical (unpaired) electrons. The lowest BCUT2D eigenvalue weighted by molar-refractivity contribution is -0.113. The fourth-order valence-corrected chi connectivity index (χ4v) is 2.24. The largest absolute Gasteiger partial charge is 0.281 e. The highest BCUT2D eigenvalue weighted by Gasteiger charge is 2.20. The number of hydrogen-bond acceptors (Lipinski definition) is 2. The molecule has 0 spiro atoms. The van der Waals surface area contributed by atoms with Gasteiger partial charge in [-0.05, 0) is 53.8 Å². The highest BCUT2D eigenvalue weighted by Crippen LogP contribution is 2.26. The van der Waals surface area contributed by atoms with Gasteiger partial charge < -0.3 is 0 Å². The maximum Gasteiger partial charge on any atom is 0.229 e. The first-order valence-electron chi connectivity index (χ1n) is 5.82. The van der Waals surface area contributed by atoms with E-state index in [-0.39, 0.29) is 11.2 Å². The minimum atomic E-state index is -0.318. The van der Waals surface area contributed by atoms with E-state index in [1.165, 1.54) is 0 Å². The van der Waals surface area contributed by atoms with E-state index in [0.29, 0.717) is 6.42 Å². The highest BCUT2D eigenvalue weighted by molar-refractivity contribution is 6.64. The molecular weight excluding hydrogens is 246 g/mol. The van der Waals surface area contributed by atoms with Crippen LogP contribution in [0.2, 0.25) is 0 Å². The minimum Gasteiger partial charge on any atom is -0.281 e. The number of aromatic nitrogens is 1. The lowest BCUT2D eigenvalue weighted by Crippen LogP contribution is -2.11. The summed E-state index contributed by atoms with van der Waals surface area (Å²) in [6.07, 6.45) is 4.06. The molecule has 0 saturated carbocycles. The Hall–Kier alpha value is -1.67. The normalized spacial score (nSPS) is 12.1. The maximum atomic E-state index is 11.7. The maximum absolute atomic E-state index is 11.7. The van der Waals surface area contributed by atoms with Crippen molar-refractivity contribution < 1.29 is 4.79 Å². The van der Waals surface area contributed by atoms with Gasteiger partial charge in [-0.1, -0.05) is 24.3 Å². The first-order chi connectivity index (χ1) is 8.68. The lowest BCUT2D eigenvalue weighted by Gasteiger charge is -2.15. The first kappa shape index (κ1) is 12.8. The van der Waals surface area contributed by atoms with E-state index in [1.54, 1.807) is 12.4 Å². The number of aryl methyl sites for hydroxylation is 1. The smallest absolute Gasteiger partial charge is 0.229 e. The fourth-order valence-electron chi connectivity index (χ4n) is 2.04. The van der Waals surface area contributed by atoms with Gasteiger partial charge in [0.25, 0.3) is 0 Å². The third-order valence-electron chi connectivity index (χ3n) is 3.03. The minimum absolute atomic E-state index is 0.296. The van der Waals surface area contributed by atoms with Crippen molar-refractivity contribution >= 4 is 16.8 Å². The molecule has 1 unspecified atom stereocenters. The van der Waals surface area contributed by atoms with Crippen molar-refractivity contribution in [2.24, 2.45) is 0 Å². The number of carbonyl (C=O) groups excluding carboxylic acids is 1. The van der Waals surface area contributed by atoms with E-state index in [0.717, 1.165) is 16.7 Å². The summed E-state index contributed by atoms with van der Waals surface area (Å²) in [5.41, 5.74) is 3.15. The van der Waals surface area contributed by atoms with Gasteiger partial charge in [-0.2, -0.15) is 0 Å². The van der Waals surface area contributed by atoms with Crippen molar-refractivity contribution in [2.45, 2.75) is 19.3 Å². The standard InChI is InChI=1S/C15H14ClNO/c1-11-4-2-3-5-13(11)14(15(16)18)10-12-6-8-17-9-7-12/h2-9,14H,10H2,1H3. The Bertz CT molecular complexity index is 539. The van der Waals surface area contributed by atoms with E-state index in [4.69, 9.17) is 11.6 Å². The molecule has 92 valence electrons. The fraction of sp³-hybridized carbons (Fsp3) is 0.200. The molecule has 1 aromatic heterocycles. The molecule has 0 aliphatic rings. The van der Waals surface area contributed by atoms with Gasteiger partial charge in [0.05, 0.1) is 5.92 Å². The van der Waals surface area contributed by atoms with Crippen LogP contribution in [-0.2, 0) is 11.2 Å². The van der Waals surface area contributed by atoms with E-state index in [2.05, 4.69) is 4.98 Å². The average molecular weight is 260 g/mol. The third kappa shape index (κ3) is 2.96. The van der Waals surface area contributed by atoms with Crippen LogP contribution >= 0.6 is 11.6 Å². The van der Waals surface area contributed by atoms with Gasteiger partial charge in [0.1, 0.15) is 0 Å². The predicted octanol–water partition coefficient (Wildman–Crippen LogP) is 3.48. The lowest BCUT2D eigenvalue weighted by atomic mass is 9.90. The zero-order valence-corrected chi connectivity index (χ0v) is 10.9. The Morgan fingerprint density at radius 3 is 2.50 bits per heavy atom. The molecule has 1 aromatic carbocycles. The predicted molar refractivity (Wildman–Crippen MR) is 72.7 cm³/mol. The van der Waals surface area contributed by atoms with Crippen LogP contribution in [0.3, 0.4) is 0 Å². The molecule has 0 amide bonds. The van der Waals surface area contributed by atoms with Crippen LogP contribution in [0.5, 0.6) is 0 Å². The SMILES string of the molecule is Cc1ccccc1C(Cc1ccncc1)C(=O)Cl. The van der Waals surface area contributed by atoms with Crippen molar-refractivity contribution in [1.29, 1.82) is 0 Å². The summed E-state index contributed by atoms with van der Waals surface area (Å²) in [6.45, 7) is 1.99. The van der Waals surface area contributed by atoms with E-state index < -0.39 is 0 Å². The quantitative estimate of drug-likeness (QED) is 0.787. The van der Waals surface area contributed by atoms with Crippen LogP contribution in [0, 0.1) is 6.92 Å². The van der Waals surface area contributed by atoms with Crippen molar-refractivity contribution in [1.82, 2.24) is 4.98 Å². The van der Waals surface area contributed by atoms with Crippen LogP contribution in [0.15, 0.2) is 48.8 Å². The molecular formula is C15H14ClNO. The Morgan fingerprint density at radius 2 is 1.89 bits per heavy atom. The summed E-state index contributed by atoms with van der Waals surface area (Å²) in [6, 6.07) is 11.7. The van der Waals surface area contributed by atoms with Crippen LogP contribution in [0.4, 0.5) is 0 Å². The van der Waals surface area contributed by atoms with Gasteiger partial charge in [0.15, 0.2) is 0 Å². The molecule has 2 nitrogen and oxygen atoms in total. The number of halogens is 1. The summed E-state index contributed by atoms with van der Waals surface area (Å²) in [5.74, 6) is -0.296. The van der Waals surface area contributed by atoms with E-state index >= 15 is 0 Å². The average Bonchev–Trinajstić information content (AvgIpc) is 2.38. The van der Waals surface area contributed by atoms with Crippen molar-refractivity contribution in [3.8, 4) is 0 Å². The van der Waals surface area contributed by atoms with Gasteiger partial charge >= 0.3 is 0 Å². The molecule has 0 fully saturated rings. The number of hydrogen-bond donors (Lipinski definition) is 0. The third-order valence-corrected chi connectivity index (χ3v) is 3.29. The van der Waals surface area contributed by atoms with Crippen LogP contribution in [0.1, 0.15) is 22.6 Å². The molecule has 2 aromatic rings. The Morgan fingerprint density at radius 1 is 1.22 bits per heavy atom. The monoisotopic (exact) mass is 259 g/mol. The van der Waals surface area contributed by atoms with Gasteiger partial charge in [0, 0.05) is 12.4 Å². The van der Waals surface area contributed by atoms with Gasteiger partial charge in [-0.3, -0.25) is 9.78 Å². The highest BCUT2D eigenvalue weighted by atomic mass is 35.5. The molecule has 3 heteroatoms.